The third-order valence-corrected chi connectivity index (χ3v) is 2.56. The Hall–Kier alpha value is -1.74. The molecular formula is C14H14ClNO2. The van der Waals surface area contributed by atoms with Gasteiger partial charge in [-0.15, -0.1) is 11.6 Å². The molecule has 0 amide bonds. The fourth-order valence-corrected chi connectivity index (χ4v) is 1.66. The molecule has 0 radical (unpaired) electrons. The highest BCUT2D eigenvalue weighted by molar-refractivity contribution is 6.16. The molecule has 0 unspecified atom stereocenters. The van der Waals surface area contributed by atoms with E-state index < -0.39 is 0 Å². The summed E-state index contributed by atoms with van der Waals surface area (Å²) in [5, 5.41) is 0. The van der Waals surface area contributed by atoms with Gasteiger partial charge in [0.15, 0.2) is 11.5 Å². The Bertz CT molecular complexity index is 517. The molecule has 2 aromatic rings. The Morgan fingerprint density at radius 1 is 1.06 bits per heavy atom. The van der Waals surface area contributed by atoms with E-state index in [1.165, 1.54) is 0 Å². The fraction of sp³-hybridized carbons (Fsp3) is 0.214. The number of ether oxygens (including phenoxy) is 2. The van der Waals surface area contributed by atoms with E-state index in [4.69, 9.17) is 21.1 Å². The molecule has 0 fully saturated rings. The van der Waals surface area contributed by atoms with Crippen LogP contribution in [0.1, 0.15) is 12.6 Å². The molecule has 18 heavy (non-hydrogen) atoms. The number of nitrogens with zero attached hydrogens (tertiary/aromatic N) is 1. The van der Waals surface area contributed by atoms with Gasteiger partial charge in [-0.3, -0.25) is 0 Å². The lowest BCUT2D eigenvalue weighted by molar-refractivity contribution is 0.319. The first kappa shape index (κ1) is 12.7. The van der Waals surface area contributed by atoms with Gasteiger partial charge in [0.1, 0.15) is 0 Å². The second-order valence-electron chi connectivity index (χ2n) is 3.58. The predicted molar refractivity (Wildman–Crippen MR) is 71.5 cm³/mol. The van der Waals surface area contributed by atoms with Crippen LogP contribution < -0.4 is 9.47 Å². The molecule has 0 aliphatic heterocycles. The minimum atomic E-state index is 0.365. The average molecular weight is 264 g/mol. The average Bonchev–Trinajstić information content (AvgIpc) is 2.41. The molecule has 0 saturated heterocycles. The first-order valence-corrected chi connectivity index (χ1v) is 6.28. The fourth-order valence-electron chi connectivity index (χ4n) is 1.51. The summed E-state index contributed by atoms with van der Waals surface area (Å²) in [4.78, 5) is 4.28. The van der Waals surface area contributed by atoms with Crippen molar-refractivity contribution in [3.8, 4) is 17.4 Å². The van der Waals surface area contributed by atoms with E-state index >= 15 is 0 Å². The van der Waals surface area contributed by atoms with Crippen LogP contribution in [0, 0.1) is 0 Å². The van der Waals surface area contributed by atoms with Crippen molar-refractivity contribution in [1.82, 2.24) is 4.98 Å². The summed E-state index contributed by atoms with van der Waals surface area (Å²) in [6, 6.07) is 13.0. The topological polar surface area (TPSA) is 31.4 Å². The van der Waals surface area contributed by atoms with Crippen molar-refractivity contribution in [3.63, 3.8) is 0 Å². The molecule has 0 bridgehead atoms. The number of alkyl halides is 1. The van der Waals surface area contributed by atoms with E-state index in [1.54, 1.807) is 6.07 Å². The van der Waals surface area contributed by atoms with Crippen LogP contribution in [-0.2, 0) is 5.88 Å². The largest absolute Gasteiger partial charge is 0.490 e. The maximum atomic E-state index is 5.74. The van der Waals surface area contributed by atoms with Crippen LogP contribution in [-0.4, -0.2) is 11.6 Å². The van der Waals surface area contributed by atoms with Gasteiger partial charge in [-0.1, -0.05) is 18.2 Å². The van der Waals surface area contributed by atoms with Crippen LogP contribution >= 0.6 is 11.6 Å². The minimum absolute atomic E-state index is 0.365. The Morgan fingerprint density at radius 3 is 2.56 bits per heavy atom. The zero-order chi connectivity index (χ0) is 12.8. The van der Waals surface area contributed by atoms with Crippen molar-refractivity contribution in [2.75, 3.05) is 6.61 Å². The van der Waals surface area contributed by atoms with Crippen LogP contribution in [0.4, 0.5) is 0 Å². The number of halogens is 1. The monoisotopic (exact) mass is 263 g/mol. The lowest BCUT2D eigenvalue weighted by atomic mass is 10.3. The second kappa shape index (κ2) is 6.26. The molecule has 4 heteroatoms. The highest BCUT2D eigenvalue weighted by Crippen LogP contribution is 2.30. The Balaban J connectivity index is 2.22. The number of para-hydroxylation sites is 2. The molecule has 1 aromatic heterocycles. The third kappa shape index (κ3) is 3.14. The van der Waals surface area contributed by atoms with Gasteiger partial charge in [-0.05, 0) is 25.1 Å². The number of benzene rings is 1. The molecular weight excluding hydrogens is 250 g/mol. The smallest absolute Gasteiger partial charge is 0.219 e. The molecule has 3 nitrogen and oxygen atoms in total. The lowest BCUT2D eigenvalue weighted by Gasteiger charge is -2.10. The van der Waals surface area contributed by atoms with E-state index in [2.05, 4.69) is 4.98 Å². The van der Waals surface area contributed by atoms with Gasteiger partial charge in [0.05, 0.1) is 18.2 Å². The molecule has 94 valence electrons. The van der Waals surface area contributed by atoms with E-state index in [-0.39, 0.29) is 0 Å². The Morgan fingerprint density at radius 2 is 1.83 bits per heavy atom. The Kier molecular flexibility index (Phi) is 4.42. The molecule has 0 aliphatic carbocycles. The van der Waals surface area contributed by atoms with Crippen LogP contribution in [0.25, 0.3) is 0 Å². The standard InChI is InChI=1S/C14H14ClNO2/c1-2-17-12-7-3-4-8-13(12)18-14-9-5-6-11(10-15)16-14/h3-9H,2,10H2,1H3. The van der Waals surface area contributed by atoms with E-state index in [1.807, 2.05) is 43.3 Å². The summed E-state index contributed by atoms with van der Waals surface area (Å²) in [5.74, 6) is 2.24. The van der Waals surface area contributed by atoms with Gasteiger partial charge in [0.2, 0.25) is 5.88 Å². The molecule has 0 aliphatic rings. The SMILES string of the molecule is CCOc1ccccc1Oc1cccc(CCl)n1. The quantitative estimate of drug-likeness (QED) is 0.764. The predicted octanol–water partition coefficient (Wildman–Crippen LogP) is 4.01. The molecule has 0 spiro atoms. The number of pyridine rings is 1. The van der Waals surface area contributed by atoms with Gasteiger partial charge in [0, 0.05) is 6.07 Å². The van der Waals surface area contributed by atoms with Gasteiger partial charge in [-0.25, -0.2) is 4.98 Å². The van der Waals surface area contributed by atoms with Crippen molar-refractivity contribution in [2.45, 2.75) is 12.8 Å². The summed E-state index contributed by atoms with van der Waals surface area (Å²) in [6.07, 6.45) is 0. The van der Waals surface area contributed by atoms with Crippen LogP contribution in [0.2, 0.25) is 0 Å². The zero-order valence-electron chi connectivity index (χ0n) is 10.1. The molecule has 1 heterocycles. The number of hydrogen-bond donors (Lipinski definition) is 0. The highest BCUT2D eigenvalue weighted by Gasteiger charge is 2.06. The first-order chi connectivity index (χ1) is 8.83. The normalized spacial score (nSPS) is 10.1. The van der Waals surface area contributed by atoms with Crippen molar-refractivity contribution in [3.05, 3.63) is 48.2 Å². The first-order valence-electron chi connectivity index (χ1n) is 5.75. The van der Waals surface area contributed by atoms with Gasteiger partial charge in [-0.2, -0.15) is 0 Å². The summed E-state index contributed by atoms with van der Waals surface area (Å²) < 4.78 is 11.2. The molecule has 1 aromatic carbocycles. The number of aromatic nitrogens is 1. The van der Waals surface area contributed by atoms with Crippen molar-refractivity contribution in [2.24, 2.45) is 0 Å². The summed E-state index contributed by atoms with van der Waals surface area (Å²) >= 11 is 5.74. The second-order valence-corrected chi connectivity index (χ2v) is 3.85. The van der Waals surface area contributed by atoms with E-state index in [0.29, 0.717) is 29.9 Å². The van der Waals surface area contributed by atoms with E-state index in [9.17, 15) is 0 Å². The maximum absolute atomic E-state index is 5.74. The molecule has 0 saturated carbocycles. The van der Waals surface area contributed by atoms with Gasteiger partial charge < -0.3 is 9.47 Å². The van der Waals surface area contributed by atoms with Gasteiger partial charge >= 0.3 is 0 Å². The summed E-state index contributed by atoms with van der Waals surface area (Å²) in [6.45, 7) is 2.53. The van der Waals surface area contributed by atoms with Crippen molar-refractivity contribution < 1.29 is 9.47 Å². The molecule has 0 N–H and O–H groups in total. The van der Waals surface area contributed by atoms with E-state index in [0.717, 1.165) is 5.69 Å². The molecule has 2 rings (SSSR count). The number of hydrogen-bond acceptors (Lipinski definition) is 3. The maximum Gasteiger partial charge on any atom is 0.219 e. The van der Waals surface area contributed by atoms with Gasteiger partial charge in [0.25, 0.3) is 0 Å². The Labute approximate surface area is 111 Å². The van der Waals surface area contributed by atoms with Crippen molar-refractivity contribution >= 4 is 11.6 Å². The zero-order valence-corrected chi connectivity index (χ0v) is 10.9. The third-order valence-electron chi connectivity index (χ3n) is 2.28. The minimum Gasteiger partial charge on any atom is -0.490 e. The number of rotatable bonds is 5. The lowest BCUT2D eigenvalue weighted by Crippen LogP contribution is -1.96. The summed E-state index contributed by atoms with van der Waals surface area (Å²) in [5.41, 5.74) is 0.781. The highest BCUT2D eigenvalue weighted by atomic mass is 35.5. The van der Waals surface area contributed by atoms with Crippen molar-refractivity contribution in [1.29, 1.82) is 0 Å². The van der Waals surface area contributed by atoms with Crippen LogP contribution in [0.3, 0.4) is 0 Å². The molecule has 0 atom stereocenters. The van der Waals surface area contributed by atoms with Crippen LogP contribution in [0.15, 0.2) is 42.5 Å². The van der Waals surface area contributed by atoms with Crippen LogP contribution in [0.5, 0.6) is 17.4 Å². The summed E-state index contributed by atoms with van der Waals surface area (Å²) in [7, 11) is 0.